The molecule has 21 heavy (non-hydrogen) atoms. The van der Waals surface area contributed by atoms with Crippen LogP contribution >= 0.6 is 0 Å². The Morgan fingerprint density at radius 2 is 1.57 bits per heavy atom. The van der Waals surface area contributed by atoms with Gasteiger partial charge in [-0.25, -0.2) is 10.2 Å². The number of allylic oxidation sites excluding steroid dienone is 1. The second-order valence-corrected chi connectivity index (χ2v) is 4.94. The molecule has 0 aromatic heterocycles. The van der Waals surface area contributed by atoms with E-state index in [-0.39, 0.29) is 5.91 Å². The van der Waals surface area contributed by atoms with Crippen molar-refractivity contribution in [1.29, 1.82) is 0 Å². The summed E-state index contributed by atoms with van der Waals surface area (Å²) in [7, 11) is 1.46. The summed E-state index contributed by atoms with van der Waals surface area (Å²) in [6.07, 6.45) is 6.71. The van der Waals surface area contributed by atoms with Crippen molar-refractivity contribution in [1.82, 2.24) is 10.4 Å². The number of carbonyl (C=O) groups excluding carboxylic acids is 2. The summed E-state index contributed by atoms with van der Waals surface area (Å²) in [5.41, 5.74) is 7.10. The van der Waals surface area contributed by atoms with Gasteiger partial charge in [0.2, 0.25) is 5.91 Å². The molecule has 0 fully saturated rings. The lowest BCUT2D eigenvalue weighted by molar-refractivity contribution is -0.131. The molecule has 122 valence electrons. The number of rotatable bonds is 10. The van der Waals surface area contributed by atoms with E-state index in [0.29, 0.717) is 12.8 Å². The summed E-state index contributed by atoms with van der Waals surface area (Å²) in [6.45, 7) is 0. The van der Waals surface area contributed by atoms with Crippen LogP contribution in [0.1, 0.15) is 57.8 Å². The lowest BCUT2D eigenvalue weighted by Crippen LogP contribution is -2.45. The van der Waals surface area contributed by atoms with Crippen molar-refractivity contribution in [3.05, 3.63) is 12.2 Å². The molecule has 5 nitrogen and oxygen atoms in total. The van der Waals surface area contributed by atoms with Crippen LogP contribution < -0.4 is 11.2 Å². The van der Waals surface area contributed by atoms with Crippen LogP contribution in [0.2, 0.25) is 0 Å². The third-order valence-electron chi connectivity index (χ3n) is 3.05. The second-order valence-electron chi connectivity index (χ2n) is 4.94. The Morgan fingerprint density at radius 3 is 2.10 bits per heavy atom. The number of carbonyl (C=O) groups is 2. The SMILES string of the molecule is CN(NC(N)=O)C(=O)CCCCCCCCCC=C(F)F. The molecule has 0 aliphatic rings. The van der Waals surface area contributed by atoms with Crippen molar-refractivity contribution in [2.75, 3.05) is 7.05 Å². The molecule has 0 radical (unpaired) electrons. The minimum atomic E-state index is -1.60. The minimum Gasteiger partial charge on any atom is -0.350 e. The summed E-state index contributed by atoms with van der Waals surface area (Å²) < 4.78 is 23.5. The Labute approximate surface area is 124 Å². The lowest BCUT2D eigenvalue weighted by atomic mass is 10.1. The monoisotopic (exact) mass is 305 g/mol. The van der Waals surface area contributed by atoms with E-state index in [0.717, 1.165) is 56.0 Å². The van der Waals surface area contributed by atoms with Crippen LogP contribution in [0.25, 0.3) is 0 Å². The highest BCUT2D eigenvalue weighted by atomic mass is 19.3. The molecule has 0 atom stereocenters. The van der Waals surface area contributed by atoms with E-state index >= 15 is 0 Å². The number of hydrogen-bond acceptors (Lipinski definition) is 2. The maximum atomic E-state index is 11.7. The molecular weight excluding hydrogens is 280 g/mol. The largest absolute Gasteiger partial charge is 0.350 e. The molecule has 0 rings (SSSR count). The van der Waals surface area contributed by atoms with Crippen LogP contribution in [0.5, 0.6) is 0 Å². The van der Waals surface area contributed by atoms with Gasteiger partial charge in [0, 0.05) is 13.5 Å². The molecule has 0 aliphatic heterocycles. The number of unbranched alkanes of at least 4 members (excludes halogenated alkanes) is 7. The lowest BCUT2D eigenvalue weighted by Gasteiger charge is -2.16. The zero-order valence-corrected chi connectivity index (χ0v) is 12.5. The van der Waals surface area contributed by atoms with Crippen LogP contribution in [0.15, 0.2) is 12.2 Å². The molecule has 0 aliphatic carbocycles. The van der Waals surface area contributed by atoms with Gasteiger partial charge in [0.25, 0.3) is 6.08 Å². The van der Waals surface area contributed by atoms with Crippen LogP contribution in [0.3, 0.4) is 0 Å². The van der Waals surface area contributed by atoms with Crippen LogP contribution in [-0.4, -0.2) is 24.0 Å². The van der Waals surface area contributed by atoms with Gasteiger partial charge in [0.05, 0.1) is 0 Å². The van der Waals surface area contributed by atoms with E-state index in [1.165, 1.54) is 7.05 Å². The average Bonchev–Trinajstić information content (AvgIpc) is 2.39. The summed E-state index contributed by atoms with van der Waals surface area (Å²) in [5, 5.41) is 1.10. The number of nitrogens with zero attached hydrogens (tertiary/aromatic N) is 1. The van der Waals surface area contributed by atoms with Crippen LogP contribution in [0, 0.1) is 0 Å². The molecule has 3 N–H and O–H groups in total. The number of nitrogens with two attached hydrogens (primary N) is 1. The van der Waals surface area contributed by atoms with Gasteiger partial charge in [-0.05, 0) is 25.3 Å². The van der Waals surface area contributed by atoms with E-state index in [2.05, 4.69) is 5.43 Å². The van der Waals surface area contributed by atoms with E-state index in [1.807, 2.05) is 0 Å². The fourth-order valence-electron chi connectivity index (χ4n) is 1.91. The van der Waals surface area contributed by atoms with Gasteiger partial charge in [0.15, 0.2) is 0 Å². The maximum absolute atomic E-state index is 11.7. The highest BCUT2D eigenvalue weighted by Crippen LogP contribution is 2.11. The van der Waals surface area contributed by atoms with Crippen molar-refractivity contribution < 1.29 is 18.4 Å². The van der Waals surface area contributed by atoms with Crippen LogP contribution in [-0.2, 0) is 4.79 Å². The van der Waals surface area contributed by atoms with Crippen molar-refractivity contribution >= 4 is 11.9 Å². The molecule has 0 unspecified atom stereocenters. The molecule has 3 amide bonds. The molecule has 0 bridgehead atoms. The van der Waals surface area contributed by atoms with Gasteiger partial charge in [-0.2, -0.15) is 8.78 Å². The normalized spacial score (nSPS) is 10.0. The highest BCUT2D eigenvalue weighted by molar-refractivity contribution is 5.80. The van der Waals surface area contributed by atoms with Crippen molar-refractivity contribution in [3.63, 3.8) is 0 Å². The predicted octanol–water partition coefficient (Wildman–Crippen LogP) is 3.32. The summed E-state index contributed by atoms with van der Waals surface area (Å²) in [5.74, 6) is -0.172. The van der Waals surface area contributed by atoms with E-state index in [1.54, 1.807) is 0 Å². The second kappa shape index (κ2) is 12.1. The Morgan fingerprint density at radius 1 is 1.05 bits per heavy atom. The molecule has 7 heteroatoms. The van der Waals surface area contributed by atoms with Gasteiger partial charge in [-0.1, -0.05) is 32.1 Å². The summed E-state index contributed by atoms with van der Waals surface area (Å²) >= 11 is 0. The Hall–Kier alpha value is -1.66. The molecule has 0 heterocycles. The van der Waals surface area contributed by atoms with E-state index in [4.69, 9.17) is 5.73 Å². The first-order valence-electron chi connectivity index (χ1n) is 7.27. The third-order valence-corrected chi connectivity index (χ3v) is 3.05. The molecule has 0 aromatic rings. The Bertz CT molecular complexity index is 345. The Balaban J connectivity index is 3.38. The van der Waals surface area contributed by atoms with Gasteiger partial charge in [-0.3, -0.25) is 9.80 Å². The predicted molar refractivity (Wildman–Crippen MR) is 77.3 cm³/mol. The smallest absolute Gasteiger partial charge is 0.331 e. The van der Waals surface area contributed by atoms with E-state index < -0.39 is 12.1 Å². The quantitative estimate of drug-likeness (QED) is 0.480. The van der Waals surface area contributed by atoms with E-state index in [9.17, 15) is 18.4 Å². The number of amides is 3. The minimum absolute atomic E-state index is 0.172. The van der Waals surface area contributed by atoms with Crippen molar-refractivity contribution in [3.8, 4) is 0 Å². The molecule has 0 aromatic carbocycles. The standard InChI is InChI=1S/C14H25F2N3O2/c1-19(18-14(17)21)13(20)11-9-7-5-3-2-4-6-8-10-12(15)16/h10H,2-9,11H2,1H3,(H3,17,18,21). The fourth-order valence-corrected chi connectivity index (χ4v) is 1.91. The van der Waals surface area contributed by atoms with Gasteiger partial charge in [0.1, 0.15) is 0 Å². The summed E-state index contributed by atoms with van der Waals surface area (Å²) in [4.78, 5) is 22.1. The fraction of sp³-hybridized carbons (Fsp3) is 0.714. The first-order valence-corrected chi connectivity index (χ1v) is 7.27. The van der Waals surface area contributed by atoms with Crippen molar-refractivity contribution in [2.45, 2.75) is 57.8 Å². The number of urea groups is 1. The van der Waals surface area contributed by atoms with Crippen LogP contribution in [0.4, 0.5) is 13.6 Å². The summed E-state index contributed by atoms with van der Waals surface area (Å²) in [6, 6.07) is -0.756. The maximum Gasteiger partial charge on any atom is 0.331 e. The molecule has 0 spiro atoms. The number of hydrogen-bond donors (Lipinski definition) is 2. The molecule has 0 saturated heterocycles. The number of primary amides is 1. The third kappa shape index (κ3) is 13.1. The molecular formula is C14H25F2N3O2. The zero-order valence-electron chi connectivity index (χ0n) is 12.5. The first kappa shape index (κ1) is 19.3. The number of nitrogens with one attached hydrogen (secondary N) is 1. The van der Waals surface area contributed by atoms with Gasteiger partial charge < -0.3 is 5.73 Å². The number of halogens is 2. The topological polar surface area (TPSA) is 75.4 Å². The van der Waals surface area contributed by atoms with Gasteiger partial charge >= 0.3 is 6.03 Å². The highest BCUT2D eigenvalue weighted by Gasteiger charge is 2.08. The zero-order chi connectivity index (χ0) is 16.1. The Kier molecular flexibility index (Phi) is 11.2. The molecule has 0 saturated carbocycles. The van der Waals surface area contributed by atoms with Gasteiger partial charge in [-0.15, -0.1) is 0 Å². The number of hydrazine groups is 1. The average molecular weight is 305 g/mol. The first-order chi connectivity index (χ1) is 9.93. The van der Waals surface area contributed by atoms with Crippen molar-refractivity contribution in [2.24, 2.45) is 5.73 Å².